The highest BCUT2D eigenvalue weighted by Crippen LogP contribution is 2.40. The largest absolute Gasteiger partial charge is 0.465 e. The summed E-state index contributed by atoms with van der Waals surface area (Å²) in [6.07, 6.45) is 9.57. The Morgan fingerprint density at radius 1 is 0.841 bits per heavy atom. The van der Waals surface area contributed by atoms with Gasteiger partial charge in [0.1, 0.15) is 11.9 Å². The molecule has 0 radical (unpaired) electrons. The van der Waals surface area contributed by atoms with Gasteiger partial charge in [-0.2, -0.15) is 10.4 Å². The Kier molecular flexibility index (Phi) is 13.6. The Balaban J connectivity index is 0.000000168. The van der Waals surface area contributed by atoms with Crippen LogP contribution in [0.1, 0.15) is 83.5 Å². The van der Waals surface area contributed by atoms with E-state index in [9.17, 15) is 19.6 Å². The zero-order valence-corrected chi connectivity index (χ0v) is 37.1. The molecule has 8 aromatic rings. The highest BCUT2D eigenvalue weighted by Gasteiger charge is 2.24. The highest BCUT2D eigenvalue weighted by atomic mass is 127. The van der Waals surface area contributed by atoms with Crippen molar-refractivity contribution in [2.75, 3.05) is 20.0 Å². The molecule has 5 aromatic heterocycles. The van der Waals surface area contributed by atoms with E-state index >= 15 is 0 Å². The number of benzene rings is 3. The van der Waals surface area contributed by atoms with Gasteiger partial charge in [-0.05, 0) is 150 Å². The number of nitrogen functional groups attached to an aromatic ring is 1. The summed E-state index contributed by atoms with van der Waals surface area (Å²) in [5.74, 6) is 0.0932. The van der Waals surface area contributed by atoms with Gasteiger partial charge < -0.3 is 20.5 Å². The van der Waals surface area contributed by atoms with Crippen LogP contribution in [-0.2, 0) is 22.6 Å². The number of nitrogens with zero attached hydrogens (tertiary/aromatic N) is 7. The molecule has 63 heavy (non-hydrogen) atoms. The minimum Gasteiger partial charge on any atom is -0.465 e. The van der Waals surface area contributed by atoms with Crippen LogP contribution in [0, 0.1) is 28.7 Å². The Morgan fingerprint density at radius 2 is 1.49 bits per heavy atom. The van der Waals surface area contributed by atoms with Crippen molar-refractivity contribution in [1.82, 2.24) is 35.0 Å². The maximum Gasteiger partial charge on any atom is 0.337 e. The van der Waals surface area contributed by atoms with Gasteiger partial charge in [0, 0.05) is 56.8 Å². The molecular formula is C48H42IN9O5. The number of methoxy groups -OCH3 is 2. The molecule has 0 atom stereocenters. The summed E-state index contributed by atoms with van der Waals surface area (Å²) in [6.45, 7) is 4.53. The number of ether oxygens (including phenoxy) is 2. The highest BCUT2D eigenvalue weighted by molar-refractivity contribution is 14.1. The van der Waals surface area contributed by atoms with Crippen LogP contribution in [0.2, 0.25) is 0 Å². The quantitative estimate of drug-likeness (QED) is 0.109. The van der Waals surface area contributed by atoms with Crippen LogP contribution in [0.5, 0.6) is 0 Å². The number of anilines is 1. The summed E-state index contributed by atoms with van der Waals surface area (Å²) >= 11 is 2.19. The number of carbonyl (C=O) groups is 3. The van der Waals surface area contributed by atoms with E-state index in [1.165, 1.54) is 32.6 Å². The summed E-state index contributed by atoms with van der Waals surface area (Å²) in [5.41, 5.74) is 14.9. The van der Waals surface area contributed by atoms with Gasteiger partial charge in [-0.1, -0.05) is 12.1 Å². The van der Waals surface area contributed by atoms with Crippen molar-refractivity contribution in [2.24, 2.45) is 0 Å². The molecule has 5 heterocycles. The van der Waals surface area contributed by atoms with E-state index in [0.29, 0.717) is 36.0 Å². The second kappa shape index (κ2) is 19.6. The van der Waals surface area contributed by atoms with Gasteiger partial charge in [0.05, 0.1) is 54.0 Å². The minimum absolute atomic E-state index is 0.0971. The van der Waals surface area contributed by atoms with Crippen molar-refractivity contribution >= 4 is 79.0 Å². The molecule has 1 aliphatic rings. The smallest absolute Gasteiger partial charge is 0.337 e. The predicted octanol–water partition coefficient (Wildman–Crippen LogP) is 8.40. The predicted molar refractivity (Wildman–Crippen MR) is 248 cm³/mol. The summed E-state index contributed by atoms with van der Waals surface area (Å²) in [6, 6.07) is 28.5. The Hall–Kier alpha value is -7.32. The maximum atomic E-state index is 12.9. The van der Waals surface area contributed by atoms with Crippen molar-refractivity contribution < 1.29 is 23.9 Å². The number of halogens is 1. The minimum atomic E-state index is -0.352. The number of rotatable bonds is 8. The lowest BCUT2D eigenvalue weighted by Crippen LogP contribution is -2.24. The zero-order valence-electron chi connectivity index (χ0n) is 34.9. The average molecular weight is 952 g/mol. The maximum absolute atomic E-state index is 12.9. The molecule has 0 bridgehead atoms. The third-order valence-electron chi connectivity index (χ3n) is 10.4. The summed E-state index contributed by atoms with van der Waals surface area (Å²) in [5, 5.41) is 19.7. The first kappa shape index (κ1) is 43.8. The van der Waals surface area contributed by atoms with Gasteiger partial charge in [0.2, 0.25) is 0 Å². The number of nitrogens with one attached hydrogen (secondary N) is 1. The number of nitriles is 1. The van der Waals surface area contributed by atoms with Gasteiger partial charge in [0.25, 0.3) is 5.91 Å². The van der Waals surface area contributed by atoms with Gasteiger partial charge in [-0.15, -0.1) is 0 Å². The molecule has 9 rings (SSSR count). The first-order chi connectivity index (χ1) is 30.4. The van der Waals surface area contributed by atoms with Crippen molar-refractivity contribution in [3.63, 3.8) is 0 Å². The topological polar surface area (TPSA) is 201 Å². The fraction of sp³-hybridized carbons (Fsp3) is 0.188. The van der Waals surface area contributed by atoms with E-state index < -0.39 is 0 Å². The standard InChI is InChI=1S/C26H25N7O.C11H8INO2.C11H9NO2/c1-15-7-25(28)31-16(2)21(15)12-30-26(34)22-14-33(32-24(22)10-27)13-17-3-6-23-19(8-17)9-20(11-29-23)18-4-5-18;1-15-11(14)7-2-3-10-8(4-7)5-9(12)6-13-10;1-14-11(13)9-4-5-10-8(7-9)3-2-6-12-10/h3,6-9,11,14,18H,4-5,12-13H2,1-2H3,(H2,28,31)(H,30,34);2-6H,1H3;2-7H,1H3. The van der Waals surface area contributed by atoms with Gasteiger partial charge in [-0.3, -0.25) is 24.4 Å². The molecule has 1 amide bonds. The monoisotopic (exact) mass is 951 g/mol. The number of amides is 1. The zero-order chi connectivity index (χ0) is 44.6. The molecule has 1 aliphatic carbocycles. The fourth-order valence-electron chi connectivity index (χ4n) is 6.96. The second-order valence-electron chi connectivity index (χ2n) is 14.8. The van der Waals surface area contributed by atoms with Crippen molar-refractivity contribution in [2.45, 2.75) is 45.7 Å². The Labute approximate surface area is 376 Å². The van der Waals surface area contributed by atoms with E-state index in [-0.39, 0.29) is 29.1 Å². The van der Waals surface area contributed by atoms with E-state index in [2.05, 4.69) is 74.5 Å². The number of pyridine rings is 4. The number of esters is 2. The van der Waals surface area contributed by atoms with Crippen LogP contribution in [0.4, 0.5) is 5.82 Å². The number of fused-ring (bicyclic) bond motifs is 3. The first-order valence-electron chi connectivity index (χ1n) is 19.9. The van der Waals surface area contributed by atoms with E-state index in [1.54, 1.807) is 53.6 Å². The van der Waals surface area contributed by atoms with Gasteiger partial charge >= 0.3 is 11.9 Å². The summed E-state index contributed by atoms with van der Waals surface area (Å²) in [4.78, 5) is 52.6. The van der Waals surface area contributed by atoms with Crippen molar-refractivity contribution in [3.05, 3.63) is 164 Å². The number of carbonyl (C=O) groups excluding carboxylic acids is 3. The summed E-state index contributed by atoms with van der Waals surface area (Å²) in [7, 11) is 2.75. The summed E-state index contributed by atoms with van der Waals surface area (Å²) < 4.78 is 12.0. The molecule has 0 saturated heterocycles. The van der Waals surface area contributed by atoms with Gasteiger partial charge in [-0.25, -0.2) is 14.6 Å². The van der Waals surface area contributed by atoms with Crippen LogP contribution in [0.3, 0.4) is 0 Å². The normalized spacial score (nSPS) is 11.7. The average Bonchev–Trinajstić information content (AvgIpc) is 4.07. The van der Waals surface area contributed by atoms with Crippen LogP contribution in [0.15, 0.2) is 110 Å². The Bertz CT molecular complexity index is 3040. The van der Waals surface area contributed by atoms with Crippen LogP contribution in [-0.4, -0.2) is 61.8 Å². The molecule has 15 heteroatoms. The lowest BCUT2D eigenvalue weighted by atomic mass is 10.1. The number of hydrogen-bond acceptors (Lipinski definition) is 12. The number of hydrogen-bond donors (Lipinski definition) is 2. The van der Waals surface area contributed by atoms with Crippen molar-refractivity contribution in [1.29, 1.82) is 5.26 Å². The molecule has 0 unspecified atom stereocenters. The molecule has 316 valence electrons. The lowest BCUT2D eigenvalue weighted by molar-refractivity contribution is 0.0592. The fourth-order valence-corrected chi connectivity index (χ4v) is 7.44. The molecule has 0 spiro atoms. The van der Waals surface area contributed by atoms with E-state index in [4.69, 9.17) is 5.73 Å². The number of nitrogens with two attached hydrogens (primary N) is 1. The molecule has 0 aliphatic heterocycles. The number of aryl methyl sites for hydroxylation is 2. The molecule has 1 saturated carbocycles. The Morgan fingerprint density at radius 3 is 2.16 bits per heavy atom. The third-order valence-corrected chi connectivity index (χ3v) is 11.0. The molecule has 3 N–H and O–H groups in total. The molecular weight excluding hydrogens is 909 g/mol. The third kappa shape index (κ3) is 10.8. The molecule has 1 fully saturated rings. The van der Waals surface area contributed by atoms with Crippen molar-refractivity contribution in [3.8, 4) is 6.07 Å². The van der Waals surface area contributed by atoms with Crippen LogP contribution < -0.4 is 11.1 Å². The van der Waals surface area contributed by atoms with E-state index in [0.717, 1.165) is 58.7 Å². The molecule has 3 aromatic carbocycles. The lowest BCUT2D eigenvalue weighted by Gasteiger charge is -2.11. The van der Waals surface area contributed by atoms with E-state index in [1.807, 2.05) is 68.6 Å². The SMILES string of the molecule is COC(=O)c1ccc2ncc(I)cc2c1.COC(=O)c1ccc2ncccc2c1.Cc1cc(N)nc(C)c1CNC(=O)c1cn(Cc2ccc3ncc(C4CC4)cc3c2)nc1C#N. The number of aromatic nitrogens is 6. The second-order valence-corrected chi connectivity index (χ2v) is 16.1. The molecule has 14 nitrogen and oxygen atoms in total. The van der Waals surface area contributed by atoms with Crippen LogP contribution >= 0.6 is 22.6 Å². The van der Waals surface area contributed by atoms with Crippen LogP contribution in [0.25, 0.3) is 32.7 Å². The van der Waals surface area contributed by atoms with Gasteiger partial charge in [0.15, 0.2) is 5.69 Å². The first-order valence-corrected chi connectivity index (χ1v) is 20.9.